The highest BCUT2D eigenvalue weighted by atomic mass is 19.1. The summed E-state index contributed by atoms with van der Waals surface area (Å²) in [6, 6.07) is 12.0. The molecule has 174 valence electrons. The quantitative estimate of drug-likeness (QED) is 0.448. The van der Waals surface area contributed by atoms with E-state index >= 15 is 0 Å². The lowest BCUT2D eigenvalue weighted by molar-refractivity contribution is 0.0540. The van der Waals surface area contributed by atoms with Gasteiger partial charge in [0.1, 0.15) is 11.3 Å². The van der Waals surface area contributed by atoms with Crippen molar-refractivity contribution in [1.29, 1.82) is 0 Å². The molecule has 5 rings (SSSR count). The number of hydrogen-bond donors (Lipinski definition) is 1. The van der Waals surface area contributed by atoms with Crippen LogP contribution in [0.5, 0.6) is 0 Å². The lowest BCUT2D eigenvalue weighted by Gasteiger charge is -2.40. The summed E-state index contributed by atoms with van der Waals surface area (Å²) < 4.78 is 19.2. The van der Waals surface area contributed by atoms with Crippen molar-refractivity contribution in [2.75, 3.05) is 18.4 Å². The summed E-state index contributed by atoms with van der Waals surface area (Å²) in [4.78, 5) is 28.9. The Morgan fingerprint density at radius 1 is 1.21 bits per heavy atom. The van der Waals surface area contributed by atoms with Crippen LogP contribution in [-0.4, -0.2) is 44.9 Å². The molecule has 2 aromatic heterocycles. The number of aryl methyl sites for hydroxylation is 1. The predicted octanol–water partition coefficient (Wildman–Crippen LogP) is 5.09. The number of fused-ring (bicyclic) bond motifs is 1. The maximum Gasteiger partial charge on any atom is 0.295 e. The van der Waals surface area contributed by atoms with Crippen molar-refractivity contribution in [1.82, 2.24) is 19.9 Å². The summed E-state index contributed by atoms with van der Waals surface area (Å²) in [7, 11) is 0. The molecule has 0 unspecified atom stereocenters. The standard InChI is InChI=1S/C26H26FN5O2/c1-16-6-8-19(20(13-16)24-28-10-4-11-29-24)25(33)32-12-3-5-17(2)22(32)15-30-26-31-21-9-7-18(27)14-23(21)34-26/h4,6-11,13-14,17,22H,3,5,12,15H2,1-2H3,(H,30,31)/t17-,22-/m1/s1. The van der Waals surface area contributed by atoms with E-state index in [-0.39, 0.29) is 23.7 Å². The van der Waals surface area contributed by atoms with Crippen molar-refractivity contribution < 1.29 is 13.6 Å². The number of anilines is 1. The Morgan fingerprint density at radius 3 is 2.85 bits per heavy atom. The monoisotopic (exact) mass is 459 g/mol. The van der Waals surface area contributed by atoms with Crippen LogP contribution in [0.2, 0.25) is 0 Å². The van der Waals surface area contributed by atoms with Gasteiger partial charge in [-0.05, 0) is 56.0 Å². The third kappa shape index (κ3) is 4.35. The normalized spacial score (nSPS) is 18.3. The van der Waals surface area contributed by atoms with Crippen LogP contribution in [0.1, 0.15) is 35.7 Å². The van der Waals surface area contributed by atoms with Gasteiger partial charge in [-0.2, -0.15) is 4.98 Å². The molecule has 4 aromatic rings. The highest BCUT2D eigenvalue weighted by molar-refractivity contribution is 6.00. The van der Waals surface area contributed by atoms with E-state index < -0.39 is 0 Å². The maximum atomic E-state index is 13.8. The molecule has 2 atom stereocenters. The number of aromatic nitrogens is 3. The van der Waals surface area contributed by atoms with E-state index in [0.717, 1.165) is 24.0 Å². The lowest BCUT2D eigenvalue weighted by Crippen LogP contribution is -2.51. The van der Waals surface area contributed by atoms with E-state index in [1.54, 1.807) is 24.5 Å². The molecule has 1 aliphatic rings. The van der Waals surface area contributed by atoms with Crippen LogP contribution in [0.15, 0.2) is 59.3 Å². The van der Waals surface area contributed by atoms with Crippen molar-refractivity contribution in [3.8, 4) is 11.4 Å². The first-order valence-electron chi connectivity index (χ1n) is 11.5. The topological polar surface area (TPSA) is 84.2 Å². The fourth-order valence-corrected chi connectivity index (χ4v) is 4.60. The molecular formula is C26H26FN5O2. The molecule has 3 heterocycles. The minimum Gasteiger partial charge on any atom is -0.423 e. The molecule has 0 spiro atoms. The number of hydrogen-bond acceptors (Lipinski definition) is 6. The zero-order valence-corrected chi connectivity index (χ0v) is 19.2. The molecule has 2 aromatic carbocycles. The second-order valence-corrected chi connectivity index (χ2v) is 8.82. The first-order valence-corrected chi connectivity index (χ1v) is 11.5. The third-order valence-electron chi connectivity index (χ3n) is 6.40. The number of amides is 1. The summed E-state index contributed by atoms with van der Waals surface area (Å²) in [6.07, 6.45) is 5.33. The Kier molecular flexibility index (Phi) is 5.96. The number of nitrogens with one attached hydrogen (secondary N) is 1. The summed E-state index contributed by atoms with van der Waals surface area (Å²) >= 11 is 0. The van der Waals surface area contributed by atoms with E-state index in [2.05, 4.69) is 27.2 Å². The van der Waals surface area contributed by atoms with Gasteiger partial charge in [-0.25, -0.2) is 14.4 Å². The second-order valence-electron chi connectivity index (χ2n) is 8.82. The van der Waals surface area contributed by atoms with E-state index in [1.807, 2.05) is 30.0 Å². The molecule has 1 saturated heterocycles. The third-order valence-corrected chi connectivity index (χ3v) is 6.40. The Morgan fingerprint density at radius 2 is 2.03 bits per heavy atom. The number of piperidine rings is 1. The van der Waals surface area contributed by atoms with E-state index in [4.69, 9.17) is 4.42 Å². The van der Waals surface area contributed by atoms with Crippen LogP contribution < -0.4 is 5.32 Å². The SMILES string of the molecule is Cc1ccc(C(=O)N2CCC[C@@H](C)[C@H]2CNc2nc3ccc(F)cc3o2)c(-c2ncccn2)c1. The van der Waals surface area contributed by atoms with Gasteiger partial charge in [0.2, 0.25) is 0 Å². The van der Waals surface area contributed by atoms with Crippen LogP contribution in [0, 0.1) is 18.7 Å². The van der Waals surface area contributed by atoms with E-state index in [9.17, 15) is 9.18 Å². The average molecular weight is 460 g/mol. The Hall–Kier alpha value is -3.81. The summed E-state index contributed by atoms with van der Waals surface area (Å²) in [5, 5.41) is 3.23. The number of benzene rings is 2. The van der Waals surface area contributed by atoms with Crippen LogP contribution in [0.25, 0.3) is 22.5 Å². The average Bonchev–Trinajstić information content (AvgIpc) is 3.25. The van der Waals surface area contributed by atoms with Crippen molar-refractivity contribution >= 4 is 23.0 Å². The molecule has 0 bridgehead atoms. The molecule has 0 radical (unpaired) electrons. The number of halogens is 1. The second kappa shape index (κ2) is 9.21. The van der Waals surface area contributed by atoms with Gasteiger partial charge in [0.25, 0.3) is 11.9 Å². The highest BCUT2D eigenvalue weighted by Crippen LogP contribution is 2.29. The first-order chi connectivity index (χ1) is 16.5. The van der Waals surface area contributed by atoms with Crippen molar-refractivity contribution in [2.24, 2.45) is 5.92 Å². The lowest BCUT2D eigenvalue weighted by atomic mass is 9.89. The molecular weight excluding hydrogens is 433 g/mol. The zero-order chi connectivity index (χ0) is 23.7. The van der Waals surface area contributed by atoms with Gasteiger partial charge in [0.05, 0.1) is 11.6 Å². The minimum atomic E-state index is -0.371. The van der Waals surface area contributed by atoms with Gasteiger partial charge in [0.15, 0.2) is 11.4 Å². The van der Waals surface area contributed by atoms with Gasteiger partial charge in [-0.3, -0.25) is 4.79 Å². The molecule has 34 heavy (non-hydrogen) atoms. The number of nitrogens with zero attached hydrogens (tertiary/aromatic N) is 4. The fraction of sp³-hybridized carbons (Fsp3) is 0.308. The number of carbonyl (C=O) groups excluding carboxylic acids is 1. The fourth-order valence-electron chi connectivity index (χ4n) is 4.60. The number of oxazole rings is 1. The van der Waals surface area contributed by atoms with Gasteiger partial charge >= 0.3 is 0 Å². The zero-order valence-electron chi connectivity index (χ0n) is 19.2. The van der Waals surface area contributed by atoms with E-state index in [0.29, 0.717) is 41.6 Å². The predicted molar refractivity (Wildman–Crippen MR) is 128 cm³/mol. The van der Waals surface area contributed by atoms with Crippen molar-refractivity contribution in [2.45, 2.75) is 32.7 Å². The van der Waals surface area contributed by atoms with E-state index in [1.165, 1.54) is 12.1 Å². The Balaban J connectivity index is 1.41. The largest absolute Gasteiger partial charge is 0.423 e. The Bertz CT molecular complexity index is 1320. The van der Waals surface area contributed by atoms with Crippen molar-refractivity contribution in [3.63, 3.8) is 0 Å². The van der Waals surface area contributed by atoms with Gasteiger partial charge < -0.3 is 14.6 Å². The van der Waals surface area contributed by atoms with Crippen LogP contribution >= 0.6 is 0 Å². The van der Waals surface area contributed by atoms with Gasteiger partial charge in [-0.15, -0.1) is 0 Å². The molecule has 8 heteroatoms. The maximum absolute atomic E-state index is 13.8. The van der Waals surface area contributed by atoms with Crippen LogP contribution in [0.4, 0.5) is 10.4 Å². The number of rotatable bonds is 5. The smallest absolute Gasteiger partial charge is 0.295 e. The van der Waals surface area contributed by atoms with Crippen LogP contribution in [-0.2, 0) is 0 Å². The van der Waals surface area contributed by atoms with Crippen molar-refractivity contribution in [3.05, 3.63) is 71.8 Å². The van der Waals surface area contributed by atoms with Gasteiger partial charge in [-0.1, -0.05) is 18.6 Å². The molecule has 7 nitrogen and oxygen atoms in total. The van der Waals surface area contributed by atoms with Crippen LogP contribution in [0.3, 0.4) is 0 Å². The number of likely N-dealkylation sites (tertiary alicyclic amines) is 1. The molecule has 1 fully saturated rings. The Labute approximate surface area is 197 Å². The molecule has 1 aliphatic heterocycles. The summed E-state index contributed by atoms with van der Waals surface area (Å²) in [6.45, 7) is 5.29. The summed E-state index contributed by atoms with van der Waals surface area (Å²) in [5.74, 6) is 0.409. The first kappa shape index (κ1) is 22.0. The number of carbonyl (C=O) groups is 1. The minimum absolute atomic E-state index is 0.0413. The molecule has 0 saturated carbocycles. The molecule has 1 N–H and O–H groups in total. The van der Waals surface area contributed by atoms with Gasteiger partial charge in [0, 0.05) is 37.1 Å². The molecule has 1 amide bonds. The summed E-state index contributed by atoms with van der Waals surface area (Å²) in [5.41, 5.74) is 3.33. The highest BCUT2D eigenvalue weighted by Gasteiger charge is 2.33. The molecule has 0 aliphatic carbocycles.